The van der Waals surface area contributed by atoms with Crippen molar-refractivity contribution in [1.29, 1.82) is 0 Å². The molecular formula is C20H24N2O4. The van der Waals surface area contributed by atoms with Gasteiger partial charge in [0, 0.05) is 36.6 Å². The van der Waals surface area contributed by atoms with Crippen LogP contribution in [-0.4, -0.2) is 47.4 Å². The Morgan fingerprint density at radius 3 is 2.62 bits per heavy atom. The van der Waals surface area contributed by atoms with Crippen LogP contribution in [0.15, 0.2) is 42.2 Å². The van der Waals surface area contributed by atoms with Gasteiger partial charge in [0.15, 0.2) is 17.3 Å². The van der Waals surface area contributed by atoms with Crippen molar-refractivity contribution in [3.8, 4) is 11.5 Å². The second-order valence-electron chi connectivity index (χ2n) is 6.81. The van der Waals surface area contributed by atoms with Gasteiger partial charge in [-0.3, -0.25) is 9.59 Å². The number of carbonyl (C=O) groups is 2. The third-order valence-electron chi connectivity index (χ3n) is 4.73. The van der Waals surface area contributed by atoms with Gasteiger partial charge in [0.1, 0.15) is 0 Å². The molecule has 0 radical (unpaired) electrons. The average Bonchev–Trinajstić information content (AvgIpc) is 3.13. The van der Waals surface area contributed by atoms with Gasteiger partial charge in [0.2, 0.25) is 6.79 Å². The predicted octanol–water partition coefficient (Wildman–Crippen LogP) is 2.96. The normalized spacial score (nSPS) is 16.5. The fourth-order valence-electron chi connectivity index (χ4n) is 2.91. The molecule has 0 N–H and O–H groups in total. The smallest absolute Gasteiger partial charge is 0.251 e. The van der Waals surface area contributed by atoms with E-state index in [0.29, 0.717) is 29.1 Å². The Morgan fingerprint density at radius 2 is 1.88 bits per heavy atom. The monoisotopic (exact) mass is 356 g/mol. The number of amides is 1. The van der Waals surface area contributed by atoms with E-state index >= 15 is 0 Å². The molecule has 0 spiro atoms. The summed E-state index contributed by atoms with van der Waals surface area (Å²) in [5.41, 5.74) is 1.18. The number of Topliss-reactive ketones (excluding diaryl/α,β-unsaturated/α-hetero) is 1. The van der Waals surface area contributed by atoms with Crippen LogP contribution in [0.2, 0.25) is 0 Å². The van der Waals surface area contributed by atoms with Gasteiger partial charge in [-0.15, -0.1) is 0 Å². The van der Waals surface area contributed by atoms with Gasteiger partial charge in [-0.05, 0) is 45.4 Å². The number of hydrogen-bond acceptors (Lipinski definition) is 5. The Balaban J connectivity index is 1.73. The van der Waals surface area contributed by atoms with E-state index < -0.39 is 6.04 Å². The maximum absolute atomic E-state index is 12.8. The van der Waals surface area contributed by atoms with Gasteiger partial charge in [-0.2, -0.15) is 0 Å². The van der Waals surface area contributed by atoms with E-state index in [0.717, 1.165) is 0 Å². The lowest BCUT2D eigenvalue weighted by molar-refractivity contribution is -0.127. The molecule has 1 aromatic rings. The lowest BCUT2D eigenvalue weighted by atomic mass is 10.0. The summed E-state index contributed by atoms with van der Waals surface area (Å²) in [4.78, 5) is 29.1. The molecule has 2 aliphatic heterocycles. The standard InChI is InChI=1S/C20H24N2O4/c1-13(2)22-9-5-6-16(11-22)20(24)21(4)14(3)19(23)15-7-8-17-18(10-15)26-12-25-17/h5,7-11,13-14H,6,12H2,1-4H3/t14-/m1/s1. The van der Waals surface area contributed by atoms with Crippen LogP contribution in [0.4, 0.5) is 0 Å². The lowest BCUT2D eigenvalue weighted by Crippen LogP contribution is -2.41. The van der Waals surface area contributed by atoms with Crippen molar-refractivity contribution in [2.45, 2.75) is 39.3 Å². The SMILES string of the molecule is CC(C)N1C=CCC(C(=O)N(C)[C@H](C)C(=O)c2ccc3c(c2)OCO3)=C1. The minimum atomic E-state index is -0.581. The van der Waals surface area contributed by atoms with Gasteiger partial charge in [-0.1, -0.05) is 6.08 Å². The molecule has 0 unspecified atom stereocenters. The molecule has 6 heteroatoms. The molecule has 2 aliphatic rings. The van der Waals surface area contributed by atoms with Gasteiger partial charge in [0.25, 0.3) is 5.91 Å². The van der Waals surface area contributed by atoms with E-state index in [-0.39, 0.29) is 24.5 Å². The molecule has 3 rings (SSSR count). The van der Waals surface area contributed by atoms with E-state index in [1.807, 2.05) is 23.4 Å². The first-order chi connectivity index (χ1) is 12.4. The molecule has 1 atom stereocenters. The van der Waals surface area contributed by atoms with Crippen LogP contribution >= 0.6 is 0 Å². The Labute approximate surface area is 153 Å². The first kappa shape index (κ1) is 18.0. The van der Waals surface area contributed by atoms with Gasteiger partial charge in [-0.25, -0.2) is 0 Å². The molecule has 2 heterocycles. The molecule has 0 saturated heterocycles. The zero-order chi connectivity index (χ0) is 18.8. The first-order valence-corrected chi connectivity index (χ1v) is 8.74. The number of ether oxygens (including phenoxy) is 2. The zero-order valence-corrected chi connectivity index (χ0v) is 15.6. The number of rotatable bonds is 5. The molecule has 1 amide bonds. The summed E-state index contributed by atoms with van der Waals surface area (Å²) in [7, 11) is 1.66. The quantitative estimate of drug-likeness (QED) is 0.759. The number of ketones is 1. The largest absolute Gasteiger partial charge is 0.454 e. The average molecular weight is 356 g/mol. The number of allylic oxidation sites excluding steroid dienone is 1. The lowest BCUT2D eigenvalue weighted by Gasteiger charge is -2.29. The van der Waals surface area contributed by atoms with E-state index in [1.54, 1.807) is 32.2 Å². The van der Waals surface area contributed by atoms with E-state index in [1.165, 1.54) is 4.90 Å². The van der Waals surface area contributed by atoms with Crippen molar-refractivity contribution < 1.29 is 19.1 Å². The van der Waals surface area contributed by atoms with Gasteiger partial charge >= 0.3 is 0 Å². The fraction of sp³-hybridized carbons (Fsp3) is 0.400. The number of carbonyl (C=O) groups excluding carboxylic acids is 2. The topological polar surface area (TPSA) is 59.1 Å². The molecule has 0 fully saturated rings. The Morgan fingerprint density at radius 1 is 1.15 bits per heavy atom. The zero-order valence-electron chi connectivity index (χ0n) is 15.6. The Hall–Kier alpha value is -2.76. The second-order valence-corrected chi connectivity index (χ2v) is 6.81. The maximum Gasteiger partial charge on any atom is 0.251 e. The van der Waals surface area contributed by atoms with Gasteiger partial charge in [0.05, 0.1) is 6.04 Å². The number of hydrogen-bond donors (Lipinski definition) is 0. The van der Waals surface area contributed by atoms with Crippen molar-refractivity contribution >= 4 is 11.7 Å². The number of nitrogens with zero attached hydrogens (tertiary/aromatic N) is 2. The third-order valence-corrected chi connectivity index (χ3v) is 4.73. The summed E-state index contributed by atoms with van der Waals surface area (Å²) < 4.78 is 10.6. The number of benzene rings is 1. The summed E-state index contributed by atoms with van der Waals surface area (Å²) in [6, 6.07) is 4.78. The summed E-state index contributed by atoms with van der Waals surface area (Å²) in [6.45, 7) is 6.02. The summed E-state index contributed by atoms with van der Waals surface area (Å²) in [5, 5.41) is 0. The van der Waals surface area contributed by atoms with Crippen molar-refractivity contribution in [2.24, 2.45) is 0 Å². The van der Waals surface area contributed by atoms with Crippen LogP contribution in [-0.2, 0) is 4.79 Å². The van der Waals surface area contributed by atoms with Crippen LogP contribution in [0, 0.1) is 0 Å². The number of fused-ring (bicyclic) bond motifs is 1. The fourth-order valence-corrected chi connectivity index (χ4v) is 2.91. The highest BCUT2D eigenvalue weighted by Crippen LogP contribution is 2.33. The summed E-state index contributed by atoms with van der Waals surface area (Å²) >= 11 is 0. The Kier molecular flexibility index (Phi) is 5.02. The van der Waals surface area contributed by atoms with Crippen LogP contribution < -0.4 is 9.47 Å². The summed E-state index contributed by atoms with van der Waals surface area (Å²) in [6.07, 6.45) is 6.37. The minimum absolute atomic E-state index is 0.133. The number of likely N-dealkylation sites (N-methyl/N-ethyl adjacent to an activating group) is 1. The molecule has 26 heavy (non-hydrogen) atoms. The Bertz CT molecular complexity index is 782. The molecular weight excluding hydrogens is 332 g/mol. The molecule has 6 nitrogen and oxygen atoms in total. The molecule has 0 aromatic heterocycles. The maximum atomic E-state index is 12.8. The highest BCUT2D eigenvalue weighted by atomic mass is 16.7. The molecule has 0 bridgehead atoms. The van der Waals surface area contributed by atoms with E-state index in [4.69, 9.17) is 9.47 Å². The van der Waals surface area contributed by atoms with E-state index in [9.17, 15) is 9.59 Å². The molecule has 1 aromatic carbocycles. The van der Waals surface area contributed by atoms with Crippen LogP contribution in [0.5, 0.6) is 11.5 Å². The minimum Gasteiger partial charge on any atom is -0.454 e. The van der Waals surface area contributed by atoms with Crippen molar-refractivity contribution in [2.75, 3.05) is 13.8 Å². The molecule has 138 valence electrons. The van der Waals surface area contributed by atoms with Crippen molar-refractivity contribution in [1.82, 2.24) is 9.80 Å². The first-order valence-electron chi connectivity index (χ1n) is 8.74. The third kappa shape index (κ3) is 3.45. The van der Waals surface area contributed by atoms with E-state index in [2.05, 4.69) is 13.8 Å². The van der Waals surface area contributed by atoms with Crippen LogP contribution in [0.3, 0.4) is 0 Å². The van der Waals surface area contributed by atoms with Gasteiger partial charge < -0.3 is 19.3 Å². The highest BCUT2D eigenvalue weighted by molar-refractivity contribution is 6.04. The molecule has 0 saturated carbocycles. The highest BCUT2D eigenvalue weighted by Gasteiger charge is 2.27. The predicted molar refractivity (Wildman–Crippen MR) is 97.9 cm³/mol. The van der Waals surface area contributed by atoms with Crippen molar-refractivity contribution in [3.05, 3.63) is 47.8 Å². The molecule has 0 aliphatic carbocycles. The summed E-state index contributed by atoms with van der Waals surface area (Å²) in [5.74, 6) is 0.921. The van der Waals surface area contributed by atoms with Crippen LogP contribution in [0.1, 0.15) is 37.6 Å². The van der Waals surface area contributed by atoms with Crippen molar-refractivity contribution in [3.63, 3.8) is 0 Å². The van der Waals surface area contributed by atoms with Crippen LogP contribution in [0.25, 0.3) is 0 Å². The second kappa shape index (κ2) is 7.23.